The van der Waals surface area contributed by atoms with Gasteiger partial charge in [-0.1, -0.05) is 35.9 Å². The van der Waals surface area contributed by atoms with Gasteiger partial charge in [0.1, 0.15) is 29.7 Å². The number of rotatable bonds is 6. The van der Waals surface area contributed by atoms with Crippen molar-refractivity contribution in [3.63, 3.8) is 0 Å². The number of carbonyl (C=O) groups is 1. The van der Waals surface area contributed by atoms with Crippen molar-refractivity contribution >= 4 is 29.4 Å². The number of ether oxygens (including phenoxy) is 1. The number of benzene rings is 2. The Hall–Kier alpha value is -3.61. The molecule has 0 bridgehead atoms. The third kappa shape index (κ3) is 6.81. The van der Waals surface area contributed by atoms with Gasteiger partial charge in [-0.05, 0) is 73.5 Å². The molecule has 1 saturated heterocycles. The second-order valence-electron chi connectivity index (χ2n) is 10.7. The zero-order valence-electron chi connectivity index (χ0n) is 22.7. The Labute approximate surface area is 248 Å². The fourth-order valence-electron chi connectivity index (χ4n) is 5.99. The first-order valence-electron chi connectivity index (χ1n) is 13.5. The predicted molar refractivity (Wildman–Crippen MR) is 150 cm³/mol. The van der Waals surface area contributed by atoms with E-state index >= 15 is 0 Å². The van der Waals surface area contributed by atoms with Crippen LogP contribution in [0, 0.1) is 0 Å². The summed E-state index contributed by atoms with van der Waals surface area (Å²) >= 11 is 5.99. The number of amides is 2. The average molecular weight is 626 g/mol. The highest BCUT2D eigenvalue weighted by Crippen LogP contribution is 2.51. The minimum Gasteiger partial charge on any atom is -0.406 e. The van der Waals surface area contributed by atoms with Crippen LogP contribution in [0.4, 0.5) is 36.8 Å². The molecule has 1 atom stereocenters. The molecular weight excluding hydrogens is 598 g/mol. The molecule has 0 aliphatic carbocycles. The molecule has 2 N–H and O–H groups in total. The van der Waals surface area contributed by atoms with Crippen LogP contribution in [0.3, 0.4) is 0 Å². The second kappa shape index (κ2) is 11.8. The van der Waals surface area contributed by atoms with Crippen molar-refractivity contribution in [2.75, 3.05) is 26.2 Å². The van der Waals surface area contributed by atoms with E-state index in [1.165, 1.54) is 24.4 Å². The first kappa shape index (κ1) is 30.8. The van der Waals surface area contributed by atoms with Gasteiger partial charge in [-0.3, -0.25) is 0 Å². The molecule has 2 aliphatic heterocycles. The Balaban J connectivity index is 1.52. The number of hydrogen-bond acceptors (Lipinski definition) is 4. The van der Waals surface area contributed by atoms with E-state index in [4.69, 9.17) is 11.6 Å². The van der Waals surface area contributed by atoms with Gasteiger partial charge in [0.2, 0.25) is 0 Å². The molecule has 1 aromatic heterocycles. The Kier molecular flexibility index (Phi) is 8.47. The van der Waals surface area contributed by atoms with Crippen LogP contribution in [-0.4, -0.2) is 43.6 Å². The van der Waals surface area contributed by atoms with E-state index in [0.717, 1.165) is 24.3 Å². The Morgan fingerprint density at radius 3 is 2.42 bits per heavy atom. The number of aromatic nitrogens is 1. The summed E-state index contributed by atoms with van der Waals surface area (Å²) in [6.07, 6.45) is -3.39. The number of nitrogens with zero attached hydrogens (tertiary/aromatic N) is 2. The van der Waals surface area contributed by atoms with Gasteiger partial charge in [-0.2, -0.15) is 13.2 Å². The molecule has 13 heteroatoms. The number of hydrogen-bond donors (Lipinski definition) is 2. The molecule has 0 saturated carbocycles. The van der Waals surface area contributed by atoms with Gasteiger partial charge < -0.3 is 15.4 Å². The van der Waals surface area contributed by atoms with Gasteiger partial charge in [0.05, 0.1) is 11.0 Å². The molecular formula is C30H28ClF6N4O2+. The van der Waals surface area contributed by atoms with Crippen molar-refractivity contribution in [3.8, 4) is 5.75 Å². The maximum Gasteiger partial charge on any atom is 0.573 e. The van der Waals surface area contributed by atoms with E-state index in [9.17, 15) is 31.1 Å². The predicted octanol–water partition coefficient (Wildman–Crippen LogP) is 7.22. The van der Waals surface area contributed by atoms with E-state index in [1.807, 2.05) is 0 Å². The van der Waals surface area contributed by atoms with Gasteiger partial charge in [0, 0.05) is 24.4 Å². The summed E-state index contributed by atoms with van der Waals surface area (Å²) in [5.74, 6) is -0.384. The third-order valence-corrected chi connectivity index (χ3v) is 8.16. The molecule has 1 unspecified atom stereocenters. The number of piperidine rings is 1. The van der Waals surface area contributed by atoms with E-state index < -0.39 is 34.0 Å². The van der Waals surface area contributed by atoms with E-state index in [0.29, 0.717) is 42.6 Å². The number of fused-ring (bicyclic) bond motifs is 2. The largest absolute Gasteiger partial charge is 0.573 e. The number of nitrogens with one attached hydrogen (secondary N) is 2. The zero-order valence-corrected chi connectivity index (χ0v) is 23.5. The molecule has 2 amide bonds. The highest BCUT2D eigenvalue weighted by atomic mass is 35.5. The van der Waals surface area contributed by atoms with Crippen molar-refractivity contribution in [1.82, 2.24) is 20.1 Å². The van der Waals surface area contributed by atoms with Crippen LogP contribution in [0.15, 0.2) is 66.9 Å². The second-order valence-corrected chi connectivity index (χ2v) is 11.1. The van der Waals surface area contributed by atoms with Gasteiger partial charge in [-0.25, -0.2) is 14.3 Å². The molecule has 1 fully saturated rings. The van der Waals surface area contributed by atoms with E-state index in [2.05, 4.69) is 20.4 Å². The zero-order chi connectivity index (χ0) is 30.9. The van der Waals surface area contributed by atoms with Crippen LogP contribution in [-0.2, 0) is 18.1 Å². The average Bonchev–Trinajstić information content (AvgIpc) is 3.21. The monoisotopic (exact) mass is 625 g/mol. The molecule has 5 rings (SSSR count). The standard InChI is InChI=1S/C30H27ClF6N4O2/c31-26-16-21(9-12-39-26)18-40-27(42)41(15-1-2-20-3-6-23(7-4-20)43-30(35,36)37)19-28(10-13-38-14-11-28)24-8-5-22(17-25(24)41)29(32,33)34/h1-9,12,16-17,38H,10-11,13-15,18-19H2/p+1/b2-1+. The number of urea groups is 1. The summed E-state index contributed by atoms with van der Waals surface area (Å²) in [7, 11) is 0. The van der Waals surface area contributed by atoms with Crippen molar-refractivity contribution in [3.05, 3.63) is 94.3 Å². The molecule has 0 radical (unpaired) electrons. The topological polar surface area (TPSA) is 63.2 Å². The van der Waals surface area contributed by atoms with Crippen LogP contribution >= 0.6 is 11.6 Å². The van der Waals surface area contributed by atoms with Crippen LogP contribution in [0.5, 0.6) is 5.75 Å². The molecule has 228 valence electrons. The van der Waals surface area contributed by atoms with Gasteiger partial charge >= 0.3 is 18.6 Å². The molecule has 3 aromatic rings. The molecule has 2 aliphatic rings. The lowest BCUT2D eigenvalue weighted by Gasteiger charge is -2.36. The van der Waals surface area contributed by atoms with Crippen molar-refractivity contribution in [2.45, 2.75) is 37.3 Å². The fraction of sp³-hybridized carbons (Fsp3) is 0.333. The number of carbonyl (C=O) groups excluding carboxylic acids is 1. The molecule has 1 spiro atoms. The van der Waals surface area contributed by atoms with Crippen LogP contribution in [0.1, 0.15) is 35.1 Å². The summed E-state index contributed by atoms with van der Waals surface area (Å²) < 4.78 is 82.9. The number of halogens is 7. The van der Waals surface area contributed by atoms with Crippen LogP contribution < -0.4 is 19.9 Å². The van der Waals surface area contributed by atoms with Crippen LogP contribution in [0.2, 0.25) is 5.15 Å². The highest BCUT2D eigenvalue weighted by Gasteiger charge is 2.57. The SMILES string of the molecule is O=C(NCc1ccnc(Cl)c1)[N+]1(C/C=C/c2ccc(OC(F)(F)F)cc2)CC2(CCNCC2)c2ccc(C(F)(F)F)cc21. The first-order chi connectivity index (χ1) is 20.3. The summed E-state index contributed by atoms with van der Waals surface area (Å²) in [6, 6.07) is 11.6. The number of pyridine rings is 1. The van der Waals surface area contributed by atoms with E-state index in [-0.39, 0.29) is 36.2 Å². The van der Waals surface area contributed by atoms with Gasteiger partial charge in [-0.15, -0.1) is 13.2 Å². The lowest BCUT2D eigenvalue weighted by atomic mass is 9.74. The van der Waals surface area contributed by atoms with E-state index in [1.54, 1.807) is 24.3 Å². The first-order valence-corrected chi connectivity index (χ1v) is 13.9. The normalized spacial score (nSPS) is 19.9. The molecule has 6 nitrogen and oxygen atoms in total. The molecule has 2 aromatic carbocycles. The summed E-state index contributed by atoms with van der Waals surface area (Å²) in [4.78, 5) is 18.1. The lowest BCUT2D eigenvalue weighted by Crippen LogP contribution is -2.60. The smallest absolute Gasteiger partial charge is 0.406 e. The summed E-state index contributed by atoms with van der Waals surface area (Å²) in [5.41, 5.74) is 0.819. The maximum absolute atomic E-state index is 14.2. The fourth-order valence-corrected chi connectivity index (χ4v) is 6.18. The van der Waals surface area contributed by atoms with Crippen LogP contribution in [0.25, 0.3) is 6.08 Å². The minimum absolute atomic E-state index is 0.00717. The van der Waals surface area contributed by atoms with Crippen molar-refractivity contribution < 1.29 is 35.9 Å². The maximum atomic E-state index is 14.2. The molecule has 43 heavy (non-hydrogen) atoms. The van der Waals surface area contributed by atoms with Crippen molar-refractivity contribution in [1.29, 1.82) is 0 Å². The minimum atomic E-state index is -4.83. The summed E-state index contributed by atoms with van der Waals surface area (Å²) in [6.45, 7) is 1.64. The van der Waals surface area contributed by atoms with Gasteiger partial charge in [0.25, 0.3) is 0 Å². The van der Waals surface area contributed by atoms with Gasteiger partial charge in [0.15, 0.2) is 0 Å². The Morgan fingerprint density at radius 2 is 1.77 bits per heavy atom. The lowest BCUT2D eigenvalue weighted by molar-refractivity contribution is -0.274. The Bertz CT molecular complexity index is 1500. The number of quaternary nitrogens is 1. The van der Waals surface area contributed by atoms with Crippen molar-refractivity contribution in [2.24, 2.45) is 0 Å². The highest BCUT2D eigenvalue weighted by molar-refractivity contribution is 6.29. The quantitative estimate of drug-likeness (QED) is 0.173. The molecule has 3 heterocycles. The number of alkyl halides is 6. The third-order valence-electron chi connectivity index (χ3n) is 7.96. The summed E-state index contributed by atoms with van der Waals surface area (Å²) in [5, 5.41) is 6.43. The Morgan fingerprint density at radius 1 is 1.05 bits per heavy atom.